The third-order valence-corrected chi connectivity index (χ3v) is 4.94. The minimum absolute atomic E-state index is 0.0493. The zero-order valence-corrected chi connectivity index (χ0v) is 13.1. The lowest BCUT2D eigenvalue weighted by atomic mass is 9.92. The fourth-order valence-electron chi connectivity index (χ4n) is 3.03. The van der Waals surface area contributed by atoms with E-state index in [-0.39, 0.29) is 11.5 Å². The van der Waals surface area contributed by atoms with E-state index < -0.39 is 0 Å². The first-order valence-corrected chi connectivity index (χ1v) is 8.06. The molecule has 1 nitrogen and oxygen atoms in total. The van der Waals surface area contributed by atoms with Crippen LogP contribution in [0, 0.1) is 5.92 Å². The molecule has 110 valence electrons. The van der Waals surface area contributed by atoms with Gasteiger partial charge >= 0.3 is 0 Å². The highest BCUT2D eigenvalue weighted by molar-refractivity contribution is 6.21. The van der Waals surface area contributed by atoms with Gasteiger partial charge in [-0.15, -0.1) is 11.6 Å². The van der Waals surface area contributed by atoms with Crippen LogP contribution < -0.4 is 0 Å². The number of alkyl halides is 1. The Morgan fingerprint density at radius 1 is 1.05 bits per heavy atom. The van der Waals surface area contributed by atoms with Crippen molar-refractivity contribution in [2.75, 3.05) is 6.61 Å². The highest BCUT2D eigenvalue weighted by Gasteiger charge is 2.31. The van der Waals surface area contributed by atoms with Crippen LogP contribution in [0.1, 0.15) is 35.4 Å². The van der Waals surface area contributed by atoms with Crippen molar-refractivity contribution in [3.63, 3.8) is 0 Å². The van der Waals surface area contributed by atoms with Crippen LogP contribution in [-0.4, -0.2) is 12.7 Å². The van der Waals surface area contributed by atoms with Crippen molar-refractivity contribution < 1.29 is 4.74 Å². The van der Waals surface area contributed by atoms with Gasteiger partial charge in [-0.1, -0.05) is 54.6 Å². The van der Waals surface area contributed by atoms with Gasteiger partial charge in [-0.05, 0) is 36.5 Å². The fraction of sp³-hybridized carbons (Fsp3) is 0.368. The summed E-state index contributed by atoms with van der Waals surface area (Å²) < 4.78 is 5.63. The molecule has 1 saturated heterocycles. The molecule has 0 saturated carbocycles. The van der Waals surface area contributed by atoms with Crippen LogP contribution in [-0.2, 0) is 11.2 Å². The lowest BCUT2D eigenvalue weighted by Crippen LogP contribution is -2.16. The highest BCUT2D eigenvalue weighted by atomic mass is 35.5. The van der Waals surface area contributed by atoms with Crippen LogP contribution in [0.15, 0.2) is 54.6 Å². The normalized spacial score (nSPS) is 23.1. The Hall–Kier alpha value is -1.31. The number of rotatable bonds is 4. The van der Waals surface area contributed by atoms with E-state index in [1.54, 1.807) is 0 Å². The summed E-state index contributed by atoms with van der Waals surface area (Å²) in [5.41, 5.74) is 3.87. The third kappa shape index (κ3) is 3.48. The lowest BCUT2D eigenvalue weighted by Gasteiger charge is -2.20. The van der Waals surface area contributed by atoms with Gasteiger partial charge in [0.2, 0.25) is 0 Å². The second-order valence-electron chi connectivity index (χ2n) is 5.83. The van der Waals surface area contributed by atoms with Crippen molar-refractivity contribution in [2.45, 2.75) is 31.2 Å². The van der Waals surface area contributed by atoms with Gasteiger partial charge in [0.1, 0.15) is 0 Å². The van der Waals surface area contributed by atoms with Crippen molar-refractivity contribution in [1.29, 1.82) is 0 Å². The van der Waals surface area contributed by atoms with E-state index in [1.807, 2.05) is 0 Å². The van der Waals surface area contributed by atoms with E-state index in [2.05, 4.69) is 61.5 Å². The zero-order chi connectivity index (χ0) is 14.7. The second-order valence-corrected chi connectivity index (χ2v) is 6.30. The molecule has 3 unspecified atom stereocenters. The third-order valence-electron chi connectivity index (χ3n) is 4.36. The Kier molecular flexibility index (Phi) is 4.62. The summed E-state index contributed by atoms with van der Waals surface area (Å²) >= 11 is 6.64. The number of ether oxygens (including phenoxy) is 1. The van der Waals surface area contributed by atoms with Gasteiger partial charge in [0.25, 0.3) is 0 Å². The molecule has 2 heteroatoms. The summed E-state index contributed by atoms with van der Waals surface area (Å²) in [6.45, 7) is 2.96. The number of hydrogen-bond acceptors (Lipinski definition) is 1. The summed E-state index contributed by atoms with van der Waals surface area (Å²) in [6.07, 6.45) is 2.29. The molecule has 0 amide bonds. The molecule has 1 aliphatic heterocycles. The molecule has 3 atom stereocenters. The maximum absolute atomic E-state index is 6.64. The van der Waals surface area contributed by atoms with E-state index in [0.717, 1.165) is 19.4 Å². The van der Waals surface area contributed by atoms with Gasteiger partial charge in [0.05, 0.1) is 11.5 Å². The average Bonchev–Trinajstić information content (AvgIpc) is 2.94. The summed E-state index contributed by atoms with van der Waals surface area (Å²) in [4.78, 5) is 0. The largest absolute Gasteiger partial charge is 0.378 e. The van der Waals surface area contributed by atoms with Crippen LogP contribution in [0.5, 0.6) is 0 Å². The standard InChI is InChI=1S/C19H21ClO/c1-14-18(11-12-21-14)19(20)17-9-7-16(8-10-17)13-15-5-3-2-4-6-15/h2-10,14,18-19H,11-13H2,1H3. The van der Waals surface area contributed by atoms with Crippen LogP contribution in [0.2, 0.25) is 0 Å². The zero-order valence-electron chi connectivity index (χ0n) is 12.3. The molecular formula is C19H21ClO. The first-order valence-electron chi connectivity index (χ1n) is 7.62. The monoisotopic (exact) mass is 300 g/mol. The van der Waals surface area contributed by atoms with Gasteiger partial charge < -0.3 is 4.74 Å². The summed E-state index contributed by atoms with van der Waals surface area (Å²) in [5, 5.41) is 0.0493. The van der Waals surface area contributed by atoms with Gasteiger partial charge in [0.15, 0.2) is 0 Å². The van der Waals surface area contributed by atoms with Crippen molar-refractivity contribution >= 4 is 11.6 Å². The van der Waals surface area contributed by atoms with Crippen LogP contribution in [0.3, 0.4) is 0 Å². The minimum atomic E-state index is 0.0493. The number of benzene rings is 2. The molecule has 0 bridgehead atoms. The molecule has 0 spiro atoms. The molecule has 0 N–H and O–H groups in total. The Labute approximate surface area is 131 Å². The minimum Gasteiger partial charge on any atom is -0.378 e. The molecule has 21 heavy (non-hydrogen) atoms. The van der Waals surface area contributed by atoms with Gasteiger partial charge in [-0.2, -0.15) is 0 Å². The maximum atomic E-state index is 6.64. The molecular weight excluding hydrogens is 280 g/mol. The van der Waals surface area contributed by atoms with E-state index in [1.165, 1.54) is 16.7 Å². The molecule has 2 aromatic carbocycles. The maximum Gasteiger partial charge on any atom is 0.0638 e. The van der Waals surface area contributed by atoms with E-state index in [4.69, 9.17) is 16.3 Å². The van der Waals surface area contributed by atoms with Gasteiger partial charge in [-0.3, -0.25) is 0 Å². The fourth-order valence-corrected chi connectivity index (χ4v) is 3.51. The van der Waals surface area contributed by atoms with E-state index >= 15 is 0 Å². The van der Waals surface area contributed by atoms with E-state index in [0.29, 0.717) is 5.92 Å². The SMILES string of the molecule is CC1OCCC1C(Cl)c1ccc(Cc2ccccc2)cc1. The van der Waals surface area contributed by atoms with Crippen LogP contribution in [0.25, 0.3) is 0 Å². The molecule has 1 fully saturated rings. The number of halogens is 1. The molecule has 0 aromatic heterocycles. The molecule has 2 aromatic rings. The van der Waals surface area contributed by atoms with Crippen molar-refractivity contribution in [2.24, 2.45) is 5.92 Å². The topological polar surface area (TPSA) is 9.23 Å². The summed E-state index contributed by atoms with van der Waals surface area (Å²) in [6, 6.07) is 19.3. The lowest BCUT2D eigenvalue weighted by molar-refractivity contribution is 0.105. The van der Waals surface area contributed by atoms with Crippen LogP contribution >= 0.6 is 11.6 Å². The smallest absolute Gasteiger partial charge is 0.0638 e. The first kappa shape index (κ1) is 14.6. The molecule has 0 radical (unpaired) electrons. The van der Waals surface area contributed by atoms with Crippen LogP contribution in [0.4, 0.5) is 0 Å². The Morgan fingerprint density at radius 2 is 1.71 bits per heavy atom. The molecule has 0 aliphatic carbocycles. The predicted molar refractivity (Wildman–Crippen MR) is 87.8 cm³/mol. The highest BCUT2D eigenvalue weighted by Crippen LogP contribution is 2.37. The summed E-state index contributed by atoms with van der Waals surface area (Å²) in [5.74, 6) is 0.423. The van der Waals surface area contributed by atoms with Gasteiger partial charge in [-0.25, -0.2) is 0 Å². The Bertz CT molecular complexity index is 564. The van der Waals surface area contributed by atoms with Crippen molar-refractivity contribution in [3.05, 3.63) is 71.3 Å². The van der Waals surface area contributed by atoms with E-state index in [9.17, 15) is 0 Å². The average molecular weight is 301 g/mol. The molecule has 1 aliphatic rings. The quantitative estimate of drug-likeness (QED) is 0.723. The molecule has 3 rings (SSSR count). The molecule has 1 heterocycles. The first-order chi connectivity index (χ1) is 10.2. The van der Waals surface area contributed by atoms with Crippen molar-refractivity contribution in [3.8, 4) is 0 Å². The Balaban J connectivity index is 1.69. The van der Waals surface area contributed by atoms with Gasteiger partial charge in [0, 0.05) is 12.5 Å². The predicted octanol–water partition coefficient (Wildman–Crippen LogP) is 4.98. The Morgan fingerprint density at radius 3 is 2.33 bits per heavy atom. The second kappa shape index (κ2) is 6.64. The van der Waals surface area contributed by atoms with Crippen molar-refractivity contribution in [1.82, 2.24) is 0 Å². The number of hydrogen-bond donors (Lipinski definition) is 0. The summed E-state index contributed by atoms with van der Waals surface area (Å²) in [7, 11) is 0.